The van der Waals surface area contributed by atoms with Gasteiger partial charge in [-0.2, -0.15) is 0 Å². The maximum Gasteiger partial charge on any atom is 0.287 e. The number of amides is 1. The standard InChI is InChI=1S/C22H23N3O2S/c1-14-5-8-19(17(4)11-14)24-20(26)13-28-21-22(27)25(10-9-23-21)18-7-6-15(2)16(3)12-18/h5-12H,13H2,1-4H3,(H,24,26). The molecular weight excluding hydrogens is 370 g/mol. The van der Waals surface area contributed by atoms with E-state index in [1.807, 2.05) is 64.1 Å². The lowest BCUT2D eigenvalue weighted by Crippen LogP contribution is -2.22. The van der Waals surface area contributed by atoms with Crippen LogP contribution in [0.3, 0.4) is 0 Å². The maximum absolute atomic E-state index is 12.8. The third kappa shape index (κ3) is 4.51. The first-order valence-electron chi connectivity index (χ1n) is 9.00. The Morgan fingerprint density at radius 2 is 1.82 bits per heavy atom. The predicted octanol–water partition coefficient (Wildman–Crippen LogP) is 4.20. The molecule has 0 aliphatic carbocycles. The van der Waals surface area contributed by atoms with Crippen molar-refractivity contribution < 1.29 is 4.79 Å². The molecule has 6 heteroatoms. The van der Waals surface area contributed by atoms with Gasteiger partial charge in [-0.3, -0.25) is 14.2 Å². The molecular formula is C22H23N3O2S. The van der Waals surface area contributed by atoms with Gasteiger partial charge in [-0.15, -0.1) is 0 Å². The van der Waals surface area contributed by atoms with Crippen molar-refractivity contribution in [2.24, 2.45) is 0 Å². The minimum Gasteiger partial charge on any atom is -0.325 e. The number of anilines is 1. The van der Waals surface area contributed by atoms with Crippen molar-refractivity contribution in [1.82, 2.24) is 9.55 Å². The van der Waals surface area contributed by atoms with Gasteiger partial charge < -0.3 is 5.32 Å². The fourth-order valence-corrected chi connectivity index (χ4v) is 3.54. The largest absolute Gasteiger partial charge is 0.325 e. The number of nitrogens with one attached hydrogen (secondary N) is 1. The molecule has 1 amide bonds. The lowest BCUT2D eigenvalue weighted by atomic mass is 10.1. The Kier molecular flexibility index (Phi) is 5.99. The van der Waals surface area contributed by atoms with Crippen LogP contribution in [0.25, 0.3) is 5.69 Å². The second-order valence-corrected chi connectivity index (χ2v) is 7.80. The molecule has 1 heterocycles. The molecule has 0 fully saturated rings. The van der Waals surface area contributed by atoms with Gasteiger partial charge in [0.05, 0.1) is 5.75 Å². The number of carbonyl (C=O) groups is 1. The molecule has 0 atom stereocenters. The number of thioether (sulfide) groups is 1. The van der Waals surface area contributed by atoms with Gasteiger partial charge in [0.1, 0.15) is 0 Å². The van der Waals surface area contributed by atoms with Gasteiger partial charge in [0, 0.05) is 23.8 Å². The van der Waals surface area contributed by atoms with Gasteiger partial charge >= 0.3 is 0 Å². The van der Waals surface area contributed by atoms with E-state index in [0.29, 0.717) is 5.03 Å². The van der Waals surface area contributed by atoms with Gasteiger partial charge in [0.25, 0.3) is 5.56 Å². The van der Waals surface area contributed by atoms with Gasteiger partial charge in [-0.25, -0.2) is 4.98 Å². The molecule has 0 aliphatic rings. The molecule has 28 heavy (non-hydrogen) atoms. The predicted molar refractivity (Wildman–Crippen MR) is 115 cm³/mol. The Morgan fingerprint density at radius 3 is 2.54 bits per heavy atom. The van der Waals surface area contributed by atoms with E-state index in [1.165, 1.54) is 5.56 Å². The molecule has 0 saturated heterocycles. The van der Waals surface area contributed by atoms with Crippen molar-refractivity contribution in [2.75, 3.05) is 11.1 Å². The summed E-state index contributed by atoms with van der Waals surface area (Å²) in [6.45, 7) is 8.01. The third-order valence-corrected chi connectivity index (χ3v) is 5.53. The lowest BCUT2D eigenvalue weighted by molar-refractivity contribution is -0.113. The molecule has 2 aromatic carbocycles. The van der Waals surface area contributed by atoms with Crippen LogP contribution in [-0.2, 0) is 4.79 Å². The van der Waals surface area contributed by atoms with Gasteiger partial charge in [0.2, 0.25) is 5.91 Å². The van der Waals surface area contributed by atoms with E-state index >= 15 is 0 Å². The number of aromatic nitrogens is 2. The molecule has 3 aromatic rings. The van der Waals surface area contributed by atoms with Crippen LogP contribution in [0.2, 0.25) is 0 Å². The molecule has 0 spiro atoms. The molecule has 0 radical (unpaired) electrons. The summed E-state index contributed by atoms with van der Waals surface area (Å²) in [5, 5.41) is 3.19. The molecule has 144 valence electrons. The van der Waals surface area contributed by atoms with Crippen molar-refractivity contribution in [3.63, 3.8) is 0 Å². The minimum atomic E-state index is -0.227. The topological polar surface area (TPSA) is 64.0 Å². The lowest BCUT2D eigenvalue weighted by Gasteiger charge is -2.10. The number of benzene rings is 2. The monoisotopic (exact) mass is 393 g/mol. The Labute approximate surface area is 168 Å². The highest BCUT2D eigenvalue weighted by Gasteiger charge is 2.11. The average Bonchev–Trinajstić information content (AvgIpc) is 2.65. The van der Waals surface area contributed by atoms with Crippen LogP contribution in [0, 0.1) is 27.7 Å². The first-order valence-corrected chi connectivity index (χ1v) is 9.99. The van der Waals surface area contributed by atoms with Crippen LogP contribution >= 0.6 is 11.8 Å². The molecule has 5 nitrogen and oxygen atoms in total. The van der Waals surface area contributed by atoms with Gasteiger partial charge in [-0.1, -0.05) is 35.5 Å². The number of hydrogen-bond acceptors (Lipinski definition) is 4. The van der Waals surface area contributed by atoms with Crippen molar-refractivity contribution in [3.05, 3.63) is 81.4 Å². The summed E-state index contributed by atoms with van der Waals surface area (Å²) in [6, 6.07) is 11.7. The van der Waals surface area contributed by atoms with Crippen LogP contribution in [0.4, 0.5) is 5.69 Å². The highest BCUT2D eigenvalue weighted by molar-refractivity contribution is 7.99. The van der Waals surface area contributed by atoms with Gasteiger partial charge in [0.15, 0.2) is 5.03 Å². The summed E-state index contributed by atoms with van der Waals surface area (Å²) in [4.78, 5) is 29.2. The van der Waals surface area contributed by atoms with Crippen LogP contribution < -0.4 is 10.9 Å². The van der Waals surface area contributed by atoms with Crippen molar-refractivity contribution in [1.29, 1.82) is 0 Å². The summed E-state index contributed by atoms with van der Waals surface area (Å²) < 4.78 is 1.56. The van der Waals surface area contributed by atoms with Crippen molar-refractivity contribution in [2.45, 2.75) is 32.7 Å². The Bertz CT molecular complexity index is 1090. The summed E-state index contributed by atoms with van der Waals surface area (Å²) in [7, 11) is 0. The minimum absolute atomic E-state index is 0.118. The van der Waals surface area contributed by atoms with Crippen LogP contribution in [0.15, 0.2) is 58.6 Å². The number of nitrogens with zero attached hydrogens (tertiary/aromatic N) is 2. The Balaban J connectivity index is 1.73. The fraction of sp³-hybridized carbons (Fsp3) is 0.227. The normalized spacial score (nSPS) is 10.7. The van der Waals surface area contributed by atoms with Crippen molar-refractivity contribution >= 4 is 23.4 Å². The van der Waals surface area contributed by atoms with E-state index in [4.69, 9.17) is 0 Å². The van der Waals surface area contributed by atoms with E-state index in [2.05, 4.69) is 10.3 Å². The number of aryl methyl sites for hydroxylation is 4. The number of carbonyl (C=O) groups excluding carboxylic acids is 1. The average molecular weight is 394 g/mol. The molecule has 0 aliphatic heterocycles. The summed E-state index contributed by atoms with van der Waals surface area (Å²) in [6.07, 6.45) is 3.23. The van der Waals surface area contributed by atoms with Crippen LogP contribution in [0.1, 0.15) is 22.3 Å². The van der Waals surface area contributed by atoms with E-state index in [0.717, 1.165) is 39.8 Å². The van der Waals surface area contributed by atoms with Crippen LogP contribution in [0.5, 0.6) is 0 Å². The third-order valence-electron chi connectivity index (χ3n) is 4.57. The van der Waals surface area contributed by atoms with E-state index in [9.17, 15) is 9.59 Å². The number of hydrogen-bond donors (Lipinski definition) is 1. The zero-order chi connectivity index (χ0) is 20.3. The first kappa shape index (κ1) is 19.9. The first-order chi connectivity index (χ1) is 13.3. The second kappa shape index (κ2) is 8.44. The quantitative estimate of drug-likeness (QED) is 0.660. The summed E-state index contributed by atoms with van der Waals surface area (Å²) in [5.74, 6) is -0.0494. The highest BCUT2D eigenvalue weighted by Crippen LogP contribution is 2.18. The second-order valence-electron chi connectivity index (χ2n) is 6.83. The van der Waals surface area contributed by atoms with Crippen molar-refractivity contribution in [3.8, 4) is 5.69 Å². The van der Waals surface area contributed by atoms with E-state index < -0.39 is 0 Å². The molecule has 0 saturated carbocycles. The number of rotatable bonds is 5. The highest BCUT2D eigenvalue weighted by atomic mass is 32.2. The maximum atomic E-state index is 12.8. The Hall–Kier alpha value is -2.86. The zero-order valence-electron chi connectivity index (χ0n) is 16.4. The Morgan fingerprint density at radius 1 is 1.04 bits per heavy atom. The van der Waals surface area contributed by atoms with Gasteiger partial charge in [-0.05, 0) is 62.6 Å². The van der Waals surface area contributed by atoms with E-state index in [-0.39, 0.29) is 17.2 Å². The molecule has 3 rings (SSSR count). The molecule has 0 unspecified atom stereocenters. The fourth-order valence-electron chi connectivity index (χ4n) is 2.85. The van der Waals surface area contributed by atoms with Crippen LogP contribution in [-0.4, -0.2) is 21.2 Å². The molecule has 1 aromatic heterocycles. The smallest absolute Gasteiger partial charge is 0.287 e. The molecule has 1 N–H and O–H groups in total. The SMILES string of the molecule is Cc1ccc(NC(=O)CSc2nccn(-c3ccc(C)c(C)c3)c2=O)c(C)c1. The summed E-state index contributed by atoms with van der Waals surface area (Å²) in [5.41, 5.74) is 5.78. The summed E-state index contributed by atoms with van der Waals surface area (Å²) >= 11 is 1.14. The van der Waals surface area contributed by atoms with E-state index in [1.54, 1.807) is 17.0 Å². The zero-order valence-corrected chi connectivity index (χ0v) is 17.3. The molecule has 0 bridgehead atoms.